The lowest BCUT2D eigenvalue weighted by atomic mass is 10.1. The predicted octanol–water partition coefficient (Wildman–Crippen LogP) is 3.02. The molecule has 6 heteroatoms. The summed E-state index contributed by atoms with van der Waals surface area (Å²) < 4.78 is 0. The molecule has 24 heavy (non-hydrogen) atoms. The van der Waals surface area contributed by atoms with E-state index in [1.165, 1.54) is 25.7 Å². The average molecular weight is 443 g/mol. The van der Waals surface area contributed by atoms with E-state index in [4.69, 9.17) is 0 Å². The summed E-state index contributed by atoms with van der Waals surface area (Å²) in [6.45, 7) is 3.13. The molecule has 2 aliphatic rings. The van der Waals surface area contributed by atoms with Gasteiger partial charge in [0.1, 0.15) is 5.82 Å². The quantitative estimate of drug-likeness (QED) is 0.307. The van der Waals surface area contributed by atoms with Gasteiger partial charge < -0.3 is 15.5 Å². The number of nitrogens with zero attached hydrogens (tertiary/aromatic N) is 3. The van der Waals surface area contributed by atoms with E-state index in [1.54, 1.807) is 0 Å². The number of hydrogen-bond acceptors (Lipinski definition) is 3. The van der Waals surface area contributed by atoms with Crippen LogP contribution in [-0.2, 0) is 0 Å². The van der Waals surface area contributed by atoms with Crippen LogP contribution in [0, 0.1) is 5.92 Å². The van der Waals surface area contributed by atoms with Gasteiger partial charge in [-0.05, 0) is 43.7 Å². The second-order valence-electron chi connectivity index (χ2n) is 6.68. The summed E-state index contributed by atoms with van der Waals surface area (Å²) in [5, 5.41) is 7.03. The van der Waals surface area contributed by atoms with E-state index < -0.39 is 0 Å². The first-order valence-corrected chi connectivity index (χ1v) is 8.98. The van der Waals surface area contributed by atoms with Gasteiger partial charge in [0, 0.05) is 38.9 Å². The Hall–Kier alpha value is -1.05. The summed E-state index contributed by atoms with van der Waals surface area (Å²) in [5.41, 5.74) is 0. The molecular formula is C18H30IN5. The number of nitrogens with one attached hydrogen (secondary N) is 2. The van der Waals surface area contributed by atoms with Gasteiger partial charge in [0.2, 0.25) is 0 Å². The zero-order valence-corrected chi connectivity index (χ0v) is 16.9. The molecule has 2 N–H and O–H groups in total. The van der Waals surface area contributed by atoms with Crippen molar-refractivity contribution in [3.63, 3.8) is 0 Å². The summed E-state index contributed by atoms with van der Waals surface area (Å²) in [4.78, 5) is 11.2. The van der Waals surface area contributed by atoms with E-state index in [0.29, 0.717) is 6.04 Å². The maximum atomic E-state index is 4.44. The van der Waals surface area contributed by atoms with Crippen LogP contribution in [0.5, 0.6) is 0 Å². The number of hydrogen-bond donors (Lipinski definition) is 2. The van der Waals surface area contributed by atoms with Gasteiger partial charge >= 0.3 is 0 Å². The first kappa shape index (κ1) is 19.3. The third-order valence-corrected chi connectivity index (χ3v) is 4.81. The topological polar surface area (TPSA) is 52.6 Å². The normalized spacial score (nSPS) is 18.9. The number of anilines is 1. The van der Waals surface area contributed by atoms with Crippen LogP contribution in [0.25, 0.3) is 0 Å². The second-order valence-corrected chi connectivity index (χ2v) is 6.68. The summed E-state index contributed by atoms with van der Waals surface area (Å²) >= 11 is 0. The Bertz CT molecular complexity index is 495. The Kier molecular flexibility index (Phi) is 8.08. The third-order valence-electron chi connectivity index (χ3n) is 4.81. The largest absolute Gasteiger partial charge is 0.356 e. The highest BCUT2D eigenvalue weighted by molar-refractivity contribution is 14.0. The second kappa shape index (κ2) is 10.1. The van der Waals surface area contributed by atoms with Crippen molar-refractivity contribution in [2.75, 3.05) is 31.6 Å². The van der Waals surface area contributed by atoms with Gasteiger partial charge in [-0.15, -0.1) is 24.0 Å². The van der Waals surface area contributed by atoms with Gasteiger partial charge in [-0.1, -0.05) is 18.9 Å². The molecule has 1 saturated carbocycles. The first-order valence-electron chi connectivity index (χ1n) is 8.98. The van der Waals surface area contributed by atoms with Gasteiger partial charge in [-0.25, -0.2) is 4.98 Å². The molecule has 1 aromatic rings. The van der Waals surface area contributed by atoms with Crippen molar-refractivity contribution in [3.8, 4) is 0 Å². The molecule has 3 rings (SSSR count). The molecule has 0 bridgehead atoms. The number of rotatable bonds is 6. The Morgan fingerprint density at radius 3 is 2.67 bits per heavy atom. The molecule has 0 radical (unpaired) electrons. The van der Waals surface area contributed by atoms with Crippen LogP contribution in [-0.4, -0.2) is 43.7 Å². The molecule has 1 aliphatic heterocycles. The minimum absolute atomic E-state index is 0. The minimum Gasteiger partial charge on any atom is -0.356 e. The van der Waals surface area contributed by atoms with Crippen molar-refractivity contribution in [1.29, 1.82) is 0 Å². The van der Waals surface area contributed by atoms with E-state index in [2.05, 4.69) is 37.6 Å². The summed E-state index contributed by atoms with van der Waals surface area (Å²) in [5.74, 6) is 3.06. The summed E-state index contributed by atoms with van der Waals surface area (Å²) in [6, 6.07) is 6.62. The van der Waals surface area contributed by atoms with Gasteiger partial charge in [-0.3, -0.25) is 4.99 Å². The van der Waals surface area contributed by atoms with Crippen molar-refractivity contribution in [2.45, 2.75) is 44.6 Å². The highest BCUT2D eigenvalue weighted by Crippen LogP contribution is 2.33. The number of piperidine rings is 1. The van der Waals surface area contributed by atoms with Crippen LogP contribution in [0.1, 0.15) is 38.5 Å². The lowest BCUT2D eigenvalue weighted by Gasteiger charge is -2.33. The van der Waals surface area contributed by atoms with E-state index in [1.807, 2.05) is 19.3 Å². The van der Waals surface area contributed by atoms with Gasteiger partial charge in [-0.2, -0.15) is 0 Å². The monoisotopic (exact) mass is 443 g/mol. The van der Waals surface area contributed by atoms with Crippen LogP contribution >= 0.6 is 24.0 Å². The molecule has 0 amide bonds. The van der Waals surface area contributed by atoms with E-state index >= 15 is 0 Å². The number of halogens is 1. The molecule has 5 nitrogen and oxygen atoms in total. The Morgan fingerprint density at radius 1 is 1.25 bits per heavy atom. The van der Waals surface area contributed by atoms with Gasteiger partial charge in [0.15, 0.2) is 5.96 Å². The Labute approximate surface area is 162 Å². The number of aliphatic imine (C=N–C) groups is 1. The van der Waals surface area contributed by atoms with Gasteiger partial charge in [0.05, 0.1) is 0 Å². The molecule has 0 unspecified atom stereocenters. The van der Waals surface area contributed by atoms with Gasteiger partial charge in [0.25, 0.3) is 0 Å². The zero-order chi connectivity index (χ0) is 15.9. The van der Waals surface area contributed by atoms with Crippen molar-refractivity contribution in [2.24, 2.45) is 10.9 Å². The molecular weight excluding hydrogens is 413 g/mol. The van der Waals surface area contributed by atoms with Crippen LogP contribution in [0.15, 0.2) is 29.4 Å². The smallest absolute Gasteiger partial charge is 0.191 e. The Morgan fingerprint density at radius 2 is 2.04 bits per heavy atom. The van der Waals surface area contributed by atoms with Crippen LogP contribution in [0.3, 0.4) is 0 Å². The van der Waals surface area contributed by atoms with Crippen molar-refractivity contribution < 1.29 is 0 Å². The lowest BCUT2D eigenvalue weighted by Crippen LogP contribution is -2.49. The van der Waals surface area contributed by atoms with Crippen LogP contribution in [0.2, 0.25) is 0 Å². The molecule has 2 heterocycles. The highest BCUT2D eigenvalue weighted by atomic mass is 127. The fraction of sp³-hybridized carbons (Fsp3) is 0.667. The third kappa shape index (κ3) is 6.11. The lowest BCUT2D eigenvalue weighted by molar-refractivity contribution is 0.459. The molecule has 0 spiro atoms. The molecule has 1 aromatic heterocycles. The van der Waals surface area contributed by atoms with Crippen molar-refractivity contribution >= 4 is 35.8 Å². The maximum Gasteiger partial charge on any atom is 0.191 e. The van der Waals surface area contributed by atoms with Crippen molar-refractivity contribution in [1.82, 2.24) is 15.6 Å². The molecule has 0 aromatic carbocycles. The molecule has 134 valence electrons. The van der Waals surface area contributed by atoms with E-state index in [-0.39, 0.29) is 24.0 Å². The highest BCUT2D eigenvalue weighted by Gasteiger charge is 2.21. The number of guanidine groups is 1. The Balaban J connectivity index is 0.00000208. The SMILES string of the molecule is CN=C(NCCCC1CC1)NC1CCN(c2ccccn2)CC1.I. The minimum atomic E-state index is 0. The predicted molar refractivity (Wildman–Crippen MR) is 111 cm³/mol. The van der Waals surface area contributed by atoms with E-state index in [0.717, 1.165) is 50.2 Å². The number of pyridine rings is 1. The fourth-order valence-corrected chi connectivity index (χ4v) is 3.19. The van der Waals surface area contributed by atoms with Crippen LogP contribution in [0.4, 0.5) is 5.82 Å². The molecule has 1 aliphatic carbocycles. The fourth-order valence-electron chi connectivity index (χ4n) is 3.19. The molecule has 2 fully saturated rings. The standard InChI is InChI=1S/C18H29N5.HI/c1-19-18(21-12-4-5-15-7-8-15)22-16-9-13-23(14-10-16)17-6-2-3-11-20-17;/h2-3,6,11,15-16H,4-5,7-10,12-14H2,1H3,(H2,19,21,22);1H. The zero-order valence-electron chi connectivity index (χ0n) is 14.6. The molecule has 1 saturated heterocycles. The average Bonchev–Trinajstić information content (AvgIpc) is 3.43. The van der Waals surface area contributed by atoms with Crippen molar-refractivity contribution in [3.05, 3.63) is 24.4 Å². The summed E-state index contributed by atoms with van der Waals surface area (Å²) in [7, 11) is 1.86. The maximum absolute atomic E-state index is 4.44. The number of aromatic nitrogens is 1. The first-order chi connectivity index (χ1) is 11.3. The van der Waals surface area contributed by atoms with Crippen LogP contribution < -0.4 is 15.5 Å². The van der Waals surface area contributed by atoms with E-state index in [9.17, 15) is 0 Å². The summed E-state index contributed by atoms with van der Waals surface area (Å²) in [6.07, 6.45) is 9.63. The molecule has 0 atom stereocenters.